The highest BCUT2D eigenvalue weighted by Gasteiger charge is 2.13. The Balaban J connectivity index is 2.27. The van der Waals surface area contributed by atoms with Crippen LogP contribution in [0.4, 0.5) is 5.69 Å². The lowest BCUT2D eigenvalue weighted by molar-refractivity contribution is 0.0987. The standard InChI is InChI=1S/C13H11ClN2O/c14-11-6-4-5-10(9-11)13(17)16(15)12-7-2-1-3-8-12/h1-9H,15H2. The summed E-state index contributed by atoms with van der Waals surface area (Å²) in [4.78, 5) is 12.0. The first-order valence-corrected chi connectivity index (χ1v) is 5.46. The molecule has 0 heterocycles. The number of nitrogens with two attached hydrogens (primary N) is 1. The molecule has 17 heavy (non-hydrogen) atoms. The third kappa shape index (κ3) is 2.64. The quantitative estimate of drug-likeness (QED) is 0.503. The van der Waals surface area contributed by atoms with E-state index in [1.54, 1.807) is 36.4 Å². The van der Waals surface area contributed by atoms with Gasteiger partial charge in [0.15, 0.2) is 0 Å². The summed E-state index contributed by atoms with van der Waals surface area (Å²) in [6, 6.07) is 15.7. The number of carbonyl (C=O) groups is 1. The first-order valence-electron chi connectivity index (χ1n) is 5.08. The number of nitrogens with zero attached hydrogens (tertiary/aromatic N) is 1. The van der Waals surface area contributed by atoms with E-state index in [-0.39, 0.29) is 5.91 Å². The van der Waals surface area contributed by atoms with E-state index in [2.05, 4.69) is 0 Å². The monoisotopic (exact) mass is 246 g/mol. The van der Waals surface area contributed by atoms with Gasteiger partial charge in [-0.3, -0.25) is 4.79 Å². The summed E-state index contributed by atoms with van der Waals surface area (Å²) in [5.74, 6) is 5.47. The van der Waals surface area contributed by atoms with Crippen LogP contribution in [-0.2, 0) is 0 Å². The van der Waals surface area contributed by atoms with Crippen molar-refractivity contribution < 1.29 is 4.79 Å². The Hall–Kier alpha value is -1.84. The molecule has 0 aliphatic carbocycles. The predicted octanol–water partition coefficient (Wildman–Crippen LogP) is 2.86. The number of halogens is 1. The molecule has 0 saturated heterocycles. The number of rotatable bonds is 2. The van der Waals surface area contributed by atoms with Crippen LogP contribution in [0.25, 0.3) is 0 Å². The highest BCUT2D eigenvalue weighted by atomic mass is 35.5. The molecule has 0 spiro atoms. The van der Waals surface area contributed by atoms with E-state index in [0.29, 0.717) is 16.3 Å². The molecule has 4 heteroatoms. The van der Waals surface area contributed by atoms with Crippen molar-refractivity contribution in [1.82, 2.24) is 0 Å². The van der Waals surface area contributed by atoms with Crippen molar-refractivity contribution in [3.05, 3.63) is 65.2 Å². The van der Waals surface area contributed by atoms with Crippen LogP contribution in [0.15, 0.2) is 54.6 Å². The average molecular weight is 247 g/mol. The van der Waals surface area contributed by atoms with Crippen molar-refractivity contribution in [2.24, 2.45) is 5.84 Å². The van der Waals surface area contributed by atoms with E-state index < -0.39 is 0 Å². The van der Waals surface area contributed by atoms with Gasteiger partial charge in [0.1, 0.15) is 0 Å². The normalized spacial score (nSPS) is 10.0. The van der Waals surface area contributed by atoms with Gasteiger partial charge in [-0.05, 0) is 30.3 Å². The van der Waals surface area contributed by atoms with Crippen LogP contribution < -0.4 is 10.9 Å². The largest absolute Gasteiger partial charge is 0.272 e. The Morgan fingerprint density at radius 2 is 1.76 bits per heavy atom. The van der Waals surface area contributed by atoms with E-state index in [9.17, 15) is 4.79 Å². The maximum absolute atomic E-state index is 12.0. The fourth-order valence-electron chi connectivity index (χ4n) is 1.47. The van der Waals surface area contributed by atoms with Crippen LogP contribution in [0.2, 0.25) is 5.02 Å². The average Bonchev–Trinajstić information content (AvgIpc) is 2.38. The van der Waals surface area contributed by atoms with Crippen molar-refractivity contribution >= 4 is 23.2 Å². The highest BCUT2D eigenvalue weighted by Crippen LogP contribution is 2.15. The van der Waals surface area contributed by atoms with Crippen molar-refractivity contribution in [2.45, 2.75) is 0 Å². The molecule has 2 rings (SSSR count). The molecule has 86 valence electrons. The van der Waals surface area contributed by atoms with E-state index in [1.165, 1.54) is 0 Å². The van der Waals surface area contributed by atoms with Gasteiger partial charge < -0.3 is 0 Å². The van der Waals surface area contributed by atoms with Gasteiger partial charge >= 0.3 is 0 Å². The van der Waals surface area contributed by atoms with E-state index >= 15 is 0 Å². The minimum Gasteiger partial charge on any atom is -0.267 e. The van der Waals surface area contributed by atoms with Gasteiger partial charge in [0, 0.05) is 10.6 Å². The number of hydrazine groups is 1. The van der Waals surface area contributed by atoms with E-state index in [0.717, 1.165) is 5.01 Å². The second kappa shape index (κ2) is 4.99. The number of anilines is 1. The molecule has 3 nitrogen and oxygen atoms in total. The molecule has 0 aromatic heterocycles. The Labute approximate surface area is 104 Å². The van der Waals surface area contributed by atoms with E-state index in [4.69, 9.17) is 17.4 Å². The zero-order chi connectivity index (χ0) is 12.3. The summed E-state index contributed by atoms with van der Waals surface area (Å²) in [5, 5.41) is 1.61. The third-order valence-corrected chi connectivity index (χ3v) is 2.56. The lowest BCUT2D eigenvalue weighted by Gasteiger charge is -2.16. The molecule has 1 amide bonds. The number of benzene rings is 2. The summed E-state index contributed by atoms with van der Waals surface area (Å²) in [6.07, 6.45) is 0. The molecule has 0 fully saturated rings. The molecule has 0 bridgehead atoms. The van der Waals surface area contributed by atoms with Crippen LogP contribution in [0, 0.1) is 0 Å². The zero-order valence-corrected chi connectivity index (χ0v) is 9.76. The highest BCUT2D eigenvalue weighted by molar-refractivity contribution is 6.31. The van der Waals surface area contributed by atoms with Gasteiger partial charge in [-0.25, -0.2) is 10.9 Å². The molecule has 0 aliphatic rings. The summed E-state index contributed by atoms with van der Waals surface area (Å²) >= 11 is 5.83. The van der Waals surface area contributed by atoms with Gasteiger partial charge in [0.2, 0.25) is 0 Å². The molecule has 0 aliphatic heterocycles. The molecule has 2 N–H and O–H groups in total. The maximum Gasteiger partial charge on any atom is 0.272 e. The van der Waals surface area contributed by atoms with Gasteiger partial charge in [0.05, 0.1) is 5.69 Å². The molecule has 0 atom stereocenters. The van der Waals surface area contributed by atoms with Crippen LogP contribution >= 0.6 is 11.6 Å². The Morgan fingerprint density at radius 3 is 2.41 bits per heavy atom. The summed E-state index contributed by atoms with van der Waals surface area (Å²) in [6.45, 7) is 0. The summed E-state index contributed by atoms with van der Waals surface area (Å²) in [7, 11) is 0. The van der Waals surface area contributed by atoms with E-state index in [1.807, 2.05) is 18.2 Å². The van der Waals surface area contributed by atoms with Crippen molar-refractivity contribution in [3.8, 4) is 0 Å². The third-order valence-electron chi connectivity index (χ3n) is 2.32. The second-order valence-electron chi connectivity index (χ2n) is 3.52. The Morgan fingerprint density at radius 1 is 1.06 bits per heavy atom. The fraction of sp³-hybridized carbons (Fsp3) is 0. The predicted molar refractivity (Wildman–Crippen MR) is 68.9 cm³/mol. The van der Waals surface area contributed by atoms with Gasteiger partial charge in [-0.15, -0.1) is 0 Å². The number of hydrogen-bond donors (Lipinski definition) is 1. The van der Waals surface area contributed by atoms with Crippen molar-refractivity contribution in [1.29, 1.82) is 0 Å². The Bertz CT molecular complexity index is 528. The first-order chi connectivity index (χ1) is 8.18. The topological polar surface area (TPSA) is 46.3 Å². The first kappa shape index (κ1) is 11.6. The number of hydrogen-bond acceptors (Lipinski definition) is 2. The van der Waals surface area contributed by atoms with Crippen molar-refractivity contribution in [2.75, 3.05) is 5.01 Å². The maximum atomic E-state index is 12.0. The smallest absolute Gasteiger partial charge is 0.267 e. The van der Waals surface area contributed by atoms with Crippen LogP contribution in [0.1, 0.15) is 10.4 Å². The van der Waals surface area contributed by atoms with Crippen LogP contribution in [0.5, 0.6) is 0 Å². The number of para-hydroxylation sites is 1. The van der Waals surface area contributed by atoms with Crippen LogP contribution in [-0.4, -0.2) is 5.91 Å². The molecule has 2 aromatic carbocycles. The fourth-order valence-corrected chi connectivity index (χ4v) is 1.66. The molecule has 0 unspecified atom stereocenters. The molecule has 2 aromatic rings. The molecular formula is C13H11ClN2O. The lowest BCUT2D eigenvalue weighted by Crippen LogP contribution is -2.37. The molecule has 0 radical (unpaired) electrons. The summed E-state index contributed by atoms with van der Waals surface area (Å²) in [5.41, 5.74) is 1.10. The molecule has 0 saturated carbocycles. The number of carbonyl (C=O) groups excluding carboxylic acids is 1. The molecular weight excluding hydrogens is 236 g/mol. The van der Waals surface area contributed by atoms with Gasteiger partial charge in [0.25, 0.3) is 5.91 Å². The Kier molecular flexibility index (Phi) is 3.42. The minimum absolute atomic E-state index is 0.293. The second-order valence-corrected chi connectivity index (χ2v) is 3.96. The summed E-state index contributed by atoms with van der Waals surface area (Å²) < 4.78 is 0. The number of amides is 1. The van der Waals surface area contributed by atoms with Crippen LogP contribution in [0.3, 0.4) is 0 Å². The SMILES string of the molecule is NN(C(=O)c1cccc(Cl)c1)c1ccccc1. The van der Waals surface area contributed by atoms with Gasteiger partial charge in [-0.1, -0.05) is 35.9 Å². The zero-order valence-electron chi connectivity index (χ0n) is 9.01. The van der Waals surface area contributed by atoms with Gasteiger partial charge in [-0.2, -0.15) is 0 Å². The lowest BCUT2D eigenvalue weighted by atomic mass is 10.2. The minimum atomic E-state index is -0.293. The van der Waals surface area contributed by atoms with Crippen molar-refractivity contribution in [3.63, 3.8) is 0 Å².